The highest BCUT2D eigenvalue weighted by molar-refractivity contribution is 8.44. The summed E-state index contributed by atoms with van der Waals surface area (Å²) in [4.78, 5) is 36.3. The Balaban J connectivity index is 1.21. The Kier molecular flexibility index (Phi) is 8.48. The molecule has 256 valence electrons. The Bertz CT molecular complexity index is 1860. The van der Waals surface area contributed by atoms with Crippen molar-refractivity contribution in [3.05, 3.63) is 37.5 Å². The molecule has 0 spiro atoms. The maximum absolute atomic E-state index is 16.2. The van der Waals surface area contributed by atoms with E-state index in [4.69, 9.17) is 48.8 Å². The normalized spacial score (nSPS) is 38.0. The van der Waals surface area contributed by atoms with E-state index in [0.717, 1.165) is 0 Å². The first-order valence-electron chi connectivity index (χ1n) is 14.2. The van der Waals surface area contributed by atoms with Gasteiger partial charge in [0.15, 0.2) is 47.1 Å². The second-order valence-corrected chi connectivity index (χ2v) is 16.5. The van der Waals surface area contributed by atoms with Crippen molar-refractivity contribution in [1.29, 1.82) is 0 Å². The van der Waals surface area contributed by atoms with Crippen LogP contribution in [0.3, 0.4) is 0 Å². The molecule has 2 unspecified atom stereocenters. The molecule has 0 radical (unpaired) electrons. The first-order chi connectivity index (χ1) is 23.1. The summed E-state index contributed by atoms with van der Waals surface area (Å²) in [6.07, 6.45) is -4.53. The molecule has 9 rings (SSSR count). The number of nitrogens with zero attached hydrogens (tertiary/aromatic N) is 8. The third-order valence-corrected chi connectivity index (χ3v) is 11.0. The largest absolute Gasteiger partial charge is 0.472 e. The van der Waals surface area contributed by atoms with E-state index in [9.17, 15) is 9.46 Å². The van der Waals surface area contributed by atoms with Crippen LogP contribution >= 0.6 is 25.8 Å². The van der Waals surface area contributed by atoms with Crippen molar-refractivity contribution < 1.29 is 55.3 Å². The predicted molar refractivity (Wildman–Crippen MR) is 163 cm³/mol. The molecular formula is C24H24F2N8O10P2S2. The fourth-order valence-corrected chi connectivity index (χ4v) is 8.61. The molecule has 18 nitrogen and oxygen atoms in total. The number of rotatable bonds is 0. The van der Waals surface area contributed by atoms with E-state index in [1.165, 1.54) is 34.4 Å². The summed E-state index contributed by atoms with van der Waals surface area (Å²) in [5.74, 6) is 0.212. The molecule has 4 aromatic rings. The highest BCUT2D eigenvalue weighted by atomic mass is 32.7. The molecule has 0 aliphatic carbocycles. The molecule has 24 heteroatoms. The number of hydrogen-bond acceptors (Lipinski definition) is 16. The minimum Gasteiger partial charge on any atom is -0.472 e. The van der Waals surface area contributed by atoms with Gasteiger partial charge in [-0.05, 0) is 24.0 Å². The van der Waals surface area contributed by atoms with Gasteiger partial charge in [-0.2, -0.15) is 9.97 Å². The molecule has 0 saturated carbocycles. The van der Waals surface area contributed by atoms with Gasteiger partial charge in [0.05, 0.1) is 25.9 Å². The van der Waals surface area contributed by atoms with Crippen LogP contribution in [0, 0.1) is 0 Å². The van der Waals surface area contributed by atoms with E-state index < -0.39 is 75.9 Å². The number of fused-ring (bicyclic) bond motifs is 10. The fourth-order valence-electron chi connectivity index (χ4n) is 5.69. The zero-order chi connectivity index (χ0) is 33.2. The number of ether oxygens (including phenoxy) is 4. The summed E-state index contributed by atoms with van der Waals surface area (Å²) < 4.78 is 94.0. The molecule has 48 heavy (non-hydrogen) atoms. The van der Waals surface area contributed by atoms with Gasteiger partial charge in [-0.1, -0.05) is 12.2 Å². The maximum atomic E-state index is 16.2. The summed E-state index contributed by atoms with van der Waals surface area (Å²) in [5, 5.41) is 0. The highest BCUT2D eigenvalue weighted by Crippen LogP contribution is 2.58. The van der Waals surface area contributed by atoms with Crippen molar-refractivity contribution >= 4 is 59.9 Å². The lowest BCUT2D eigenvalue weighted by Crippen LogP contribution is -2.37. The van der Waals surface area contributed by atoms with Crippen molar-refractivity contribution in [1.82, 2.24) is 39.0 Å². The molecule has 0 amide bonds. The standard InChI is InChI=1S/C24H24F2N8O10P2S2/c25-13-17-11-5-39-46(36,48)44-18-12(6-40-45(35,47)43-17)42-24(14(18)26)34-10-32-16-20(34)28-8-30-22(16)38-4-2-1-3-37-21-15-19(27-7-29-21)33(9-31-15)23(13)41-11/h1-2,7-14,17-18,23-24H,3-6H2,(H,35,47)(H,36,48)/b2-1+/t11-,12-,13-,14-,17-,18-,23-,24-,45?,46?/m1/s1. The van der Waals surface area contributed by atoms with Gasteiger partial charge in [0.25, 0.3) is 0 Å². The van der Waals surface area contributed by atoms with E-state index in [2.05, 4.69) is 42.2 Å². The summed E-state index contributed by atoms with van der Waals surface area (Å²) in [5.41, 5.74) is 0.692. The summed E-state index contributed by atoms with van der Waals surface area (Å²) in [7, 11) is 0. The lowest BCUT2D eigenvalue weighted by Gasteiger charge is -2.29. The quantitative estimate of drug-likeness (QED) is 0.151. The number of thiol groups is 1. The Labute approximate surface area is 278 Å². The SMILES string of the molecule is O=P1(S)OC[C@H]2O[C@@H]3[C@H](F)[C@@H]2OP(O)(=S)OC[C@H]2O[C@H]([C@H](F)[C@@H]2O1)n1cnc2c(ncnc21)OC/C=C/COc1ncnc2c1ncn23. The van der Waals surface area contributed by atoms with E-state index in [-0.39, 0.29) is 47.3 Å². The van der Waals surface area contributed by atoms with Gasteiger partial charge < -0.3 is 28.4 Å². The van der Waals surface area contributed by atoms with Crippen LogP contribution in [-0.2, 0) is 43.9 Å². The summed E-state index contributed by atoms with van der Waals surface area (Å²) in [6.45, 7) is -9.79. The zero-order valence-corrected chi connectivity index (χ0v) is 27.6. The van der Waals surface area contributed by atoms with Gasteiger partial charge in [-0.15, -0.1) is 0 Å². The molecule has 9 heterocycles. The van der Waals surface area contributed by atoms with Gasteiger partial charge >= 0.3 is 13.5 Å². The molecule has 5 aliphatic heterocycles. The molecule has 10 atom stereocenters. The number of aromatic nitrogens is 8. The van der Waals surface area contributed by atoms with Gasteiger partial charge in [-0.3, -0.25) is 22.7 Å². The van der Waals surface area contributed by atoms with Crippen LogP contribution in [0.2, 0.25) is 0 Å². The Morgan fingerprint density at radius 1 is 0.792 bits per heavy atom. The van der Waals surface area contributed by atoms with Gasteiger partial charge in [0.1, 0.15) is 50.3 Å². The monoisotopic (exact) mass is 748 g/mol. The van der Waals surface area contributed by atoms with Crippen molar-refractivity contribution in [2.75, 3.05) is 26.4 Å². The highest BCUT2D eigenvalue weighted by Gasteiger charge is 2.54. The average Bonchev–Trinajstić information content (AvgIpc) is 3.81. The maximum Gasteiger partial charge on any atom is 0.386 e. The van der Waals surface area contributed by atoms with Crippen LogP contribution in [0.4, 0.5) is 8.78 Å². The first kappa shape index (κ1) is 32.5. The lowest BCUT2D eigenvalue weighted by atomic mass is 10.1. The minimum atomic E-state index is -4.39. The number of alkyl halides is 2. The topological polar surface area (TPSA) is 198 Å². The predicted octanol–water partition coefficient (Wildman–Crippen LogP) is 2.54. The molecule has 4 aromatic heterocycles. The first-order valence-corrected chi connectivity index (χ1v) is 19.5. The third-order valence-electron chi connectivity index (χ3n) is 7.85. The molecule has 5 aliphatic rings. The van der Waals surface area contributed by atoms with Gasteiger partial charge in [-0.25, -0.2) is 33.3 Å². The van der Waals surface area contributed by atoms with Crippen molar-refractivity contribution in [2.24, 2.45) is 0 Å². The fraction of sp³-hybridized carbons (Fsp3) is 0.500. The van der Waals surface area contributed by atoms with E-state index >= 15 is 8.78 Å². The zero-order valence-electron chi connectivity index (χ0n) is 24.1. The van der Waals surface area contributed by atoms with Crippen molar-refractivity contribution in [2.45, 2.75) is 49.2 Å². The van der Waals surface area contributed by atoms with Gasteiger partial charge in [0.2, 0.25) is 11.8 Å². The lowest BCUT2D eigenvalue weighted by molar-refractivity contribution is -0.0564. The molecule has 14 bridgehead atoms. The van der Waals surface area contributed by atoms with E-state index in [1.807, 2.05) is 0 Å². The Hall–Kier alpha value is -2.75. The van der Waals surface area contributed by atoms with Gasteiger partial charge in [0, 0.05) is 0 Å². The average molecular weight is 749 g/mol. The number of halogens is 2. The second-order valence-electron chi connectivity index (χ2n) is 10.8. The van der Waals surface area contributed by atoms with E-state index in [1.54, 1.807) is 12.2 Å². The van der Waals surface area contributed by atoms with Crippen LogP contribution < -0.4 is 9.47 Å². The second kappa shape index (κ2) is 12.5. The molecule has 3 saturated heterocycles. The smallest absolute Gasteiger partial charge is 0.386 e. The van der Waals surface area contributed by atoms with Crippen molar-refractivity contribution in [3.8, 4) is 11.8 Å². The van der Waals surface area contributed by atoms with E-state index in [0.29, 0.717) is 0 Å². The minimum absolute atomic E-state index is 0.0583. The number of imidazole rings is 2. The van der Waals surface area contributed by atoms with Crippen molar-refractivity contribution in [3.63, 3.8) is 0 Å². The Morgan fingerprint density at radius 3 is 1.83 bits per heavy atom. The third kappa shape index (κ3) is 5.91. The van der Waals surface area contributed by atoms with Crippen LogP contribution in [0.5, 0.6) is 11.8 Å². The molecule has 3 fully saturated rings. The van der Waals surface area contributed by atoms with Crippen LogP contribution in [0.1, 0.15) is 12.5 Å². The number of hydrogen-bond donors (Lipinski definition) is 2. The van der Waals surface area contributed by atoms with Crippen LogP contribution in [0.25, 0.3) is 22.3 Å². The van der Waals surface area contributed by atoms with Crippen LogP contribution in [0.15, 0.2) is 37.5 Å². The van der Waals surface area contributed by atoms with Crippen LogP contribution in [-0.4, -0.2) is 107 Å². The molecule has 0 aromatic carbocycles. The summed E-state index contributed by atoms with van der Waals surface area (Å²) in [6, 6.07) is 0. The molecular weight excluding hydrogens is 724 g/mol. The Morgan fingerprint density at radius 2 is 1.29 bits per heavy atom. The molecule has 1 N–H and O–H groups in total. The summed E-state index contributed by atoms with van der Waals surface area (Å²) >= 11 is 9.25.